The monoisotopic (exact) mass is 596 g/mol. The second-order valence-corrected chi connectivity index (χ2v) is 9.54. The Morgan fingerprint density at radius 2 is 1.79 bits per heavy atom. The van der Waals surface area contributed by atoms with Gasteiger partial charge in [-0.25, -0.2) is 4.79 Å². The normalized spacial score (nSPS) is 12.5. The van der Waals surface area contributed by atoms with E-state index in [-0.39, 0.29) is 43.4 Å². The number of aliphatic imine (C=N–C) groups is 1. The molecular formula is C28H36N8O7. The summed E-state index contributed by atoms with van der Waals surface area (Å²) in [4.78, 5) is 66.1. The summed E-state index contributed by atoms with van der Waals surface area (Å²) < 4.78 is 5.31. The molecule has 3 amide bonds. The number of nitrogens with two attached hydrogens (primary N) is 3. The summed E-state index contributed by atoms with van der Waals surface area (Å²) in [7, 11) is 0. The molecule has 0 aliphatic carbocycles. The molecule has 15 heteroatoms. The van der Waals surface area contributed by atoms with Crippen LogP contribution in [0.2, 0.25) is 0 Å². The van der Waals surface area contributed by atoms with E-state index in [1.807, 2.05) is 0 Å². The summed E-state index contributed by atoms with van der Waals surface area (Å²) in [6, 6.07) is 13.4. The number of carboxylic acids is 1. The van der Waals surface area contributed by atoms with E-state index in [0.717, 1.165) is 0 Å². The number of hydrogen-bond donors (Lipinski definition) is 8. The number of aldehydes is 1. The molecule has 0 radical (unpaired) electrons. The first-order chi connectivity index (χ1) is 20.4. The average Bonchev–Trinajstić information content (AvgIpc) is 2.96. The van der Waals surface area contributed by atoms with Crippen LogP contribution < -0.4 is 37.9 Å². The molecule has 0 heterocycles. The molecule has 0 fully saturated rings. The third-order valence-corrected chi connectivity index (χ3v) is 6.13. The molecule has 11 N–H and O–H groups in total. The molecule has 230 valence electrons. The highest BCUT2D eigenvalue weighted by atomic mass is 16.6. The Labute approximate surface area is 247 Å². The van der Waals surface area contributed by atoms with Gasteiger partial charge >= 0.3 is 12.1 Å². The van der Waals surface area contributed by atoms with Crippen molar-refractivity contribution in [2.45, 2.75) is 43.7 Å². The third-order valence-electron chi connectivity index (χ3n) is 6.13. The highest BCUT2D eigenvalue weighted by Crippen LogP contribution is 2.22. The fourth-order valence-electron chi connectivity index (χ4n) is 4.06. The van der Waals surface area contributed by atoms with E-state index < -0.39 is 48.4 Å². The SMILES string of the molecule is N=C(N)c1cccc(CC(CCC(=O)O)(NC(=O)Oc2ccccc2)C(=O)NCC(=O)NC(C=O)CCCN=C(N)N)c1. The summed E-state index contributed by atoms with van der Waals surface area (Å²) in [5, 5.41) is 24.6. The molecule has 0 spiro atoms. The Bertz CT molecular complexity index is 1330. The lowest BCUT2D eigenvalue weighted by Crippen LogP contribution is -2.62. The summed E-state index contributed by atoms with van der Waals surface area (Å²) in [5.74, 6) is -2.98. The minimum atomic E-state index is -1.91. The number of nitrogen functional groups attached to an aromatic ring is 1. The molecule has 2 aromatic carbocycles. The van der Waals surface area contributed by atoms with Gasteiger partial charge in [-0.2, -0.15) is 0 Å². The van der Waals surface area contributed by atoms with Crippen molar-refractivity contribution in [2.24, 2.45) is 22.2 Å². The van der Waals surface area contributed by atoms with Crippen LogP contribution >= 0.6 is 0 Å². The van der Waals surface area contributed by atoms with Gasteiger partial charge in [0.15, 0.2) is 5.96 Å². The largest absolute Gasteiger partial charge is 0.481 e. The molecule has 2 aromatic rings. The van der Waals surface area contributed by atoms with Crippen LogP contribution in [0.4, 0.5) is 4.79 Å². The Kier molecular flexibility index (Phi) is 13.1. The second-order valence-electron chi connectivity index (χ2n) is 9.54. The lowest BCUT2D eigenvalue weighted by molar-refractivity contribution is -0.138. The zero-order valence-corrected chi connectivity index (χ0v) is 23.4. The third kappa shape index (κ3) is 11.9. The zero-order valence-electron chi connectivity index (χ0n) is 23.4. The first-order valence-electron chi connectivity index (χ1n) is 13.2. The lowest BCUT2D eigenvalue weighted by Gasteiger charge is -2.33. The summed E-state index contributed by atoms with van der Waals surface area (Å²) >= 11 is 0. The highest BCUT2D eigenvalue weighted by Gasteiger charge is 2.41. The van der Waals surface area contributed by atoms with Crippen LogP contribution in [0.15, 0.2) is 59.6 Å². The quantitative estimate of drug-likeness (QED) is 0.0514. The zero-order chi connectivity index (χ0) is 31.8. The Morgan fingerprint density at radius 1 is 1.07 bits per heavy atom. The lowest BCUT2D eigenvalue weighted by atomic mass is 9.84. The van der Waals surface area contributed by atoms with Gasteiger partial charge in [-0.05, 0) is 43.0 Å². The van der Waals surface area contributed by atoms with Gasteiger partial charge in [0, 0.05) is 24.9 Å². The Balaban J connectivity index is 2.29. The van der Waals surface area contributed by atoms with E-state index >= 15 is 0 Å². The molecule has 0 aromatic heterocycles. The van der Waals surface area contributed by atoms with E-state index in [1.165, 1.54) is 18.2 Å². The molecular weight excluding hydrogens is 560 g/mol. The van der Waals surface area contributed by atoms with Gasteiger partial charge in [-0.1, -0.05) is 36.4 Å². The van der Waals surface area contributed by atoms with Crippen LogP contribution in [0.25, 0.3) is 0 Å². The van der Waals surface area contributed by atoms with Gasteiger partial charge in [-0.3, -0.25) is 24.8 Å². The van der Waals surface area contributed by atoms with Crippen LogP contribution in [-0.4, -0.2) is 71.7 Å². The number of guanidine groups is 1. The number of rotatable bonds is 17. The number of para-hydroxylation sites is 1. The van der Waals surface area contributed by atoms with E-state index in [4.69, 9.17) is 27.3 Å². The first-order valence-corrected chi connectivity index (χ1v) is 13.2. The van der Waals surface area contributed by atoms with Crippen molar-refractivity contribution >= 4 is 42.0 Å². The molecule has 2 unspecified atom stereocenters. The standard InChI is InChI=1S/C28H36N8O7/c29-24(30)19-7-4-6-18(14-19)15-28(12-11-23(39)40,36-27(42)43-21-9-2-1-3-10-21)25(41)34-16-22(38)35-20(17-37)8-5-13-33-26(31)32/h1-4,6-7,9-10,14,17,20H,5,8,11-13,15-16H2,(H3,29,30)(H,34,41)(H,35,38)(H,36,42)(H,39,40)(H4,31,32,33). The van der Waals surface area contributed by atoms with Crippen LogP contribution in [-0.2, 0) is 25.6 Å². The van der Waals surface area contributed by atoms with Crippen molar-refractivity contribution < 1.29 is 33.8 Å². The molecule has 0 aliphatic rings. The molecule has 0 bridgehead atoms. The molecule has 43 heavy (non-hydrogen) atoms. The Morgan fingerprint density at radius 3 is 2.42 bits per heavy atom. The number of carbonyl (C=O) groups excluding carboxylic acids is 4. The van der Waals surface area contributed by atoms with E-state index in [2.05, 4.69) is 20.9 Å². The smallest absolute Gasteiger partial charge is 0.413 e. The second kappa shape index (κ2) is 16.7. The van der Waals surface area contributed by atoms with Gasteiger partial charge in [0.25, 0.3) is 0 Å². The van der Waals surface area contributed by atoms with Crippen LogP contribution in [0.3, 0.4) is 0 Å². The van der Waals surface area contributed by atoms with Crippen molar-refractivity contribution in [3.05, 3.63) is 65.7 Å². The number of carboxylic acid groups (broad SMARTS) is 1. The van der Waals surface area contributed by atoms with E-state index in [1.54, 1.807) is 36.4 Å². The number of amidine groups is 1. The topological polar surface area (TPSA) is 265 Å². The minimum Gasteiger partial charge on any atom is -0.481 e. The van der Waals surface area contributed by atoms with Crippen LogP contribution in [0.1, 0.15) is 36.8 Å². The number of benzene rings is 2. The number of carbonyl (C=O) groups is 5. The van der Waals surface area contributed by atoms with E-state index in [9.17, 15) is 29.1 Å². The first kappa shape index (κ1) is 33.7. The Hall–Kier alpha value is -5.47. The van der Waals surface area contributed by atoms with E-state index in [0.29, 0.717) is 23.8 Å². The molecule has 0 saturated carbocycles. The van der Waals surface area contributed by atoms with Crippen molar-refractivity contribution in [1.82, 2.24) is 16.0 Å². The van der Waals surface area contributed by atoms with Gasteiger partial charge in [0.05, 0.1) is 12.6 Å². The fraction of sp³-hybridized carbons (Fsp3) is 0.321. The number of aliphatic carboxylic acids is 1. The summed E-state index contributed by atoms with van der Waals surface area (Å²) in [6.07, 6.45) is -1.01. The molecule has 0 saturated heterocycles. The van der Waals surface area contributed by atoms with Gasteiger partial charge < -0.3 is 47.8 Å². The van der Waals surface area contributed by atoms with Gasteiger partial charge in [0.1, 0.15) is 23.4 Å². The number of ether oxygens (including phenoxy) is 1. The summed E-state index contributed by atoms with van der Waals surface area (Å²) in [5.41, 5.74) is 15.0. The number of nitrogens with one attached hydrogen (secondary N) is 4. The molecule has 0 aliphatic heterocycles. The molecule has 15 nitrogen and oxygen atoms in total. The average molecular weight is 597 g/mol. The van der Waals surface area contributed by atoms with Gasteiger partial charge in [0.2, 0.25) is 11.8 Å². The number of nitrogens with zero attached hydrogens (tertiary/aromatic N) is 1. The fourth-order valence-corrected chi connectivity index (χ4v) is 4.06. The minimum absolute atomic E-state index is 0.102. The predicted octanol–water partition coefficient (Wildman–Crippen LogP) is -0.241. The number of amides is 3. The summed E-state index contributed by atoms with van der Waals surface area (Å²) in [6.45, 7) is -0.338. The maximum absolute atomic E-state index is 13.7. The molecule has 2 rings (SSSR count). The van der Waals surface area contributed by atoms with Crippen molar-refractivity contribution in [2.75, 3.05) is 13.1 Å². The maximum atomic E-state index is 13.7. The van der Waals surface area contributed by atoms with Gasteiger partial charge in [-0.15, -0.1) is 0 Å². The predicted molar refractivity (Wildman–Crippen MR) is 157 cm³/mol. The maximum Gasteiger partial charge on any atom is 0.413 e. The van der Waals surface area contributed by atoms with Crippen LogP contribution in [0, 0.1) is 5.41 Å². The van der Waals surface area contributed by atoms with Crippen molar-refractivity contribution in [1.29, 1.82) is 5.41 Å². The van der Waals surface area contributed by atoms with Crippen molar-refractivity contribution in [3.63, 3.8) is 0 Å². The number of hydrogen-bond acceptors (Lipinski definition) is 8. The van der Waals surface area contributed by atoms with Crippen molar-refractivity contribution in [3.8, 4) is 5.75 Å². The van der Waals surface area contributed by atoms with Crippen LogP contribution in [0.5, 0.6) is 5.75 Å². The highest BCUT2D eigenvalue weighted by molar-refractivity contribution is 5.96. The molecule has 2 atom stereocenters.